The van der Waals surface area contributed by atoms with Crippen LogP contribution in [0.25, 0.3) is 0 Å². The van der Waals surface area contributed by atoms with Gasteiger partial charge in [0.2, 0.25) is 5.82 Å². The van der Waals surface area contributed by atoms with E-state index in [-0.39, 0.29) is 11.5 Å². The lowest BCUT2D eigenvalue weighted by Crippen LogP contribution is -2.01. The van der Waals surface area contributed by atoms with E-state index in [1.54, 1.807) is 6.21 Å². The number of benzene rings is 2. The zero-order chi connectivity index (χ0) is 20.8. The molecular weight excluding hydrogens is 598 g/mol. The van der Waals surface area contributed by atoms with Crippen molar-refractivity contribution in [3.05, 3.63) is 88.7 Å². The average Bonchev–Trinajstić information content (AvgIpc) is 2.67. The molecule has 148 valence electrons. The number of hydrazone groups is 1. The zero-order valence-electron chi connectivity index (χ0n) is 15.3. The van der Waals surface area contributed by atoms with E-state index in [2.05, 4.69) is 79.7 Å². The molecule has 0 aliphatic rings. The summed E-state index contributed by atoms with van der Waals surface area (Å²) in [5, 5.41) is 15.1. The van der Waals surface area contributed by atoms with E-state index in [9.17, 15) is 10.1 Å². The van der Waals surface area contributed by atoms with Crippen LogP contribution in [0.4, 0.5) is 11.5 Å². The Morgan fingerprint density at radius 2 is 1.97 bits per heavy atom. The lowest BCUT2D eigenvalue weighted by molar-refractivity contribution is -0.384. The number of nitrogens with zero attached hydrogens (tertiary/aromatic N) is 3. The van der Waals surface area contributed by atoms with Crippen molar-refractivity contribution in [2.45, 2.75) is 13.5 Å². The number of ether oxygens (including phenoxy) is 1. The molecule has 1 heterocycles. The lowest BCUT2D eigenvalue weighted by atomic mass is 10.1. The van der Waals surface area contributed by atoms with Crippen LogP contribution in [0, 0.1) is 24.2 Å². The third-order valence-corrected chi connectivity index (χ3v) is 5.46. The van der Waals surface area contributed by atoms with Gasteiger partial charge >= 0.3 is 5.69 Å². The first-order valence-electron chi connectivity index (χ1n) is 8.50. The average molecular weight is 614 g/mol. The van der Waals surface area contributed by atoms with Crippen molar-refractivity contribution in [1.82, 2.24) is 4.98 Å². The highest BCUT2D eigenvalue weighted by Gasteiger charge is 2.13. The SMILES string of the molecule is Cc1cccc(COc2c(I)cc(/C=N\Nc3ncccc3[N+](=O)[O-])cc2I)c1. The molecule has 0 radical (unpaired) electrons. The molecule has 0 unspecified atom stereocenters. The third-order valence-electron chi connectivity index (χ3n) is 3.85. The van der Waals surface area contributed by atoms with Gasteiger partial charge in [-0.05, 0) is 81.4 Å². The maximum atomic E-state index is 11.0. The molecule has 1 aromatic heterocycles. The number of pyridine rings is 1. The second-order valence-corrected chi connectivity index (χ2v) is 8.41. The Bertz CT molecular complexity index is 1050. The number of nitro groups is 1. The second-order valence-electron chi connectivity index (χ2n) is 6.09. The van der Waals surface area contributed by atoms with Gasteiger partial charge in [-0.1, -0.05) is 29.8 Å². The summed E-state index contributed by atoms with van der Waals surface area (Å²) in [6, 6.07) is 15.0. The molecule has 7 nitrogen and oxygen atoms in total. The Hall–Kier alpha value is -2.28. The van der Waals surface area contributed by atoms with Gasteiger partial charge in [0.05, 0.1) is 18.3 Å². The number of hydrogen-bond acceptors (Lipinski definition) is 6. The molecular formula is C20H16I2N4O3. The fourth-order valence-corrected chi connectivity index (χ4v) is 4.68. The number of anilines is 1. The Kier molecular flexibility index (Phi) is 7.36. The number of aromatic nitrogens is 1. The molecule has 9 heteroatoms. The smallest absolute Gasteiger partial charge is 0.313 e. The Morgan fingerprint density at radius 3 is 2.66 bits per heavy atom. The zero-order valence-corrected chi connectivity index (χ0v) is 19.6. The predicted octanol–water partition coefficient (Wildman–Crippen LogP) is 5.53. The highest BCUT2D eigenvalue weighted by atomic mass is 127. The second kappa shape index (κ2) is 9.96. The molecule has 29 heavy (non-hydrogen) atoms. The van der Waals surface area contributed by atoms with Crippen LogP contribution in [0.3, 0.4) is 0 Å². The van der Waals surface area contributed by atoms with Gasteiger partial charge in [-0.2, -0.15) is 5.10 Å². The van der Waals surface area contributed by atoms with Crippen LogP contribution < -0.4 is 10.2 Å². The fourth-order valence-electron chi connectivity index (χ4n) is 2.55. The van der Waals surface area contributed by atoms with E-state index in [1.165, 1.54) is 23.9 Å². The van der Waals surface area contributed by atoms with Crippen molar-refractivity contribution in [3.63, 3.8) is 0 Å². The maximum absolute atomic E-state index is 11.0. The molecule has 0 bridgehead atoms. The summed E-state index contributed by atoms with van der Waals surface area (Å²) in [5.74, 6) is 0.912. The monoisotopic (exact) mass is 614 g/mol. The van der Waals surface area contributed by atoms with Crippen LogP contribution in [0.5, 0.6) is 5.75 Å². The van der Waals surface area contributed by atoms with E-state index in [1.807, 2.05) is 24.3 Å². The van der Waals surface area contributed by atoms with Crippen molar-refractivity contribution >= 4 is 62.9 Å². The normalized spacial score (nSPS) is 10.9. The molecule has 0 amide bonds. The number of aryl methyl sites for hydroxylation is 1. The Balaban J connectivity index is 1.70. The predicted molar refractivity (Wildman–Crippen MR) is 129 cm³/mol. The Labute approximate surface area is 195 Å². The van der Waals surface area contributed by atoms with Crippen LogP contribution in [0.2, 0.25) is 0 Å². The van der Waals surface area contributed by atoms with Crippen molar-refractivity contribution < 1.29 is 9.66 Å². The molecule has 0 saturated carbocycles. The van der Waals surface area contributed by atoms with Gasteiger partial charge < -0.3 is 4.74 Å². The summed E-state index contributed by atoms with van der Waals surface area (Å²) < 4.78 is 7.92. The van der Waals surface area contributed by atoms with Crippen molar-refractivity contribution in [3.8, 4) is 5.75 Å². The molecule has 0 saturated heterocycles. The van der Waals surface area contributed by atoms with E-state index >= 15 is 0 Å². The van der Waals surface area contributed by atoms with Gasteiger partial charge in [0, 0.05) is 12.3 Å². The minimum Gasteiger partial charge on any atom is -0.487 e. The van der Waals surface area contributed by atoms with Crippen molar-refractivity contribution in [2.24, 2.45) is 5.10 Å². The summed E-state index contributed by atoms with van der Waals surface area (Å²) in [7, 11) is 0. The van der Waals surface area contributed by atoms with Gasteiger partial charge in [-0.3, -0.25) is 15.5 Å². The first-order chi connectivity index (χ1) is 13.9. The highest BCUT2D eigenvalue weighted by Crippen LogP contribution is 2.29. The molecule has 3 aromatic rings. The van der Waals surface area contributed by atoms with Gasteiger partial charge in [-0.25, -0.2) is 4.98 Å². The van der Waals surface area contributed by atoms with E-state index in [0.29, 0.717) is 6.61 Å². The quantitative estimate of drug-likeness (QED) is 0.164. The molecule has 1 N–H and O–H groups in total. The van der Waals surface area contributed by atoms with Gasteiger partial charge in [-0.15, -0.1) is 0 Å². The lowest BCUT2D eigenvalue weighted by Gasteiger charge is -2.12. The molecule has 2 aromatic carbocycles. The molecule has 0 fully saturated rings. The first kappa shape index (κ1) is 21.4. The number of nitrogens with one attached hydrogen (secondary N) is 1. The summed E-state index contributed by atoms with van der Waals surface area (Å²) in [6.07, 6.45) is 3.06. The van der Waals surface area contributed by atoms with Gasteiger partial charge in [0.1, 0.15) is 12.4 Å². The molecule has 0 spiro atoms. The number of rotatable bonds is 7. The summed E-state index contributed by atoms with van der Waals surface area (Å²) >= 11 is 4.45. The summed E-state index contributed by atoms with van der Waals surface area (Å²) in [5.41, 5.74) is 5.65. The molecule has 0 aliphatic carbocycles. The van der Waals surface area contributed by atoms with Crippen LogP contribution in [0.1, 0.15) is 16.7 Å². The van der Waals surface area contributed by atoms with Crippen LogP contribution in [-0.4, -0.2) is 16.1 Å². The molecule has 3 rings (SSSR count). The fraction of sp³-hybridized carbons (Fsp3) is 0.100. The topological polar surface area (TPSA) is 89.7 Å². The first-order valence-corrected chi connectivity index (χ1v) is 10.7. The highest BCUT2D eigenvalue weighted by molar-refractivity contribution is 14.1. The summed E-state index contributed by atoms with van der Waals surface area (Å²) in [6.45, 7) is 2.55. The molecule has 0 aliphatic heterocycles. The minimum absolute atomic E-state index is 0.0938. The maximum Gasteiger partial charge on any atom is 0.313 e. The van der Waals surface area contributed by atoms with E-state index in [0.717, 1.165) is 24.0 Å². The summed E-state index contributed by atoms with van der Waals surface area (Å²) in [4.78, 5) is 14.5. The van der Waals surface area contributed by atoms with Crippen molar-refractivity contribution in [2.75, 3.05) is 5.43 Å². The Morgan fingerprint density at radius 1 is 1.21 bits per heavy atom. The van der Waals surface area contributed by atoms with Crippen LogP contribution in [-0.2, 0) is 6.61 Å². The third kappa shape index (κ3) is 5.85. The number of hydrogen-bond donors (Lipinski definition) is 1. The van der Waals surface area contributed by atoms with Crippen LogP contribution >= 0.6 is 45.2 Å². The number of halogens is 2. The minimum atomic E-state index is -0.503. The van der Waals surface area contributed by atoms with Gasteiger partial charge in [0.15, 0.2) is 0 Å². The standard InChI is InChI=1S/C20H16I2N4O3/c1-13-4-2-5-14(8-13)12-29-19-16(21)9-15(10-17(19)22)11-24-25-20-18(26(27)28)6-3-7-23-20/h2-11H,12H2,1H3,(H,23,25)/b24-11-. The molecule has 0 atom stereocenters. The van der Waals surface area contributed by atoms with Gasteiger partial charge in [0.25, 0.3) is 0 Å². The van der Waals surface area contributed by atoms with Crippen molar-refractivity contribution in [1.29, 1.82) is 0 Å². The van der Waals surface area contributed by atoms with Crippen LogP contribution in [0.15, 0.2) is 59.8 Å². The largest absolute Gasteiger partial charge is 0.487 e. The van der Waals surface area contributed by atoms with E-state index < -0.39 is 4.92 Å². The van der Waals surface area contributed by atoms with E-state index in [4.69, 9.17) is 4.74 Å².